The van der Waals surface area contributed by atoms with Gasteiger partial charge in [0.1, 0.15) is 28.4 Å². The van der Waals surface area contributed by atoms with E-state index >= 15 is 0 Å². The van der Waals surface area contributed by atoms with Crippen molar-refractivity contribution in [2.45, 2.75) is 164 Å². The van der Waals surface area contributed by atoms with Gasteiger partial charge in [0.05, 0.1) is 17.8 Å². The molecule has 66 heavy (non-hydrogen) atoms. The zero-order chi connectivity index (χ0) is 48.4. The van der Waals surface area contributed by atoms with Gasteiger partial charge in [-0.25, -0.2) is 24.2 Å². The van der Waals surface area contributed by atoms with E-state index < -0.39 is 34.7 Å². The van der Waals surface area contributed by atoms with Crippen LogP contribution in [0.2, 0.25) is 0 Å². The molecule has 1 aliphatic heterocycles. The number of carbonyl (C=O) groups excluding carboxylic acids is 3. The number of carbonyl (C=O) groups is 4. The number of esters is 2. The summed E-state index contributed by atoms with van der Waals surface area (Å²) >= 11 is 0. The summed E-state index contributed by atoms with van der Waals surface area (Å²) in [4.78, 5) is 60.5. The maximum atomic E-state index is 14.2. The first-order valence-electron chi connectivity index (χ1n) is 23.4. The van der Waals surface area contributed by atoms with Crippen LogP contribution in [0.1, 0.15) is 152 Å². The number of rotatable bonds is 13. The molecule has 5 aliphatic rings. The fourth-order valence-electron chi connectivity index (χ4n) is 12.4. The number of hydrogen-bond donors (Lipinski definition) is 1. The van der Waals surface area contributed by atoms with Gasteiger partial charge in [0.15, 0.2) is 12.3 Å². The topological polar surface area (TPSA) is 159 Å². The van der Waals surface area contributed by atoms with Gasteiger partial charge in [-0.2, -0.15) is 0 Å². The minimum absolute atomic E-state index is 0.00747. The van der Waals surface area contributed by atoms with Gasteiger partial charge in [-0.15, -0.1) is 0 Å². The minimum atomic E-state index is -1.08. The van der Waals surface area contributed by atoms with E-state index in [0.717, 1.165) is 49.9 Å². The van der Waals surface area contributed by atoms with Crippen molar-refractivity contribution < 1.29 is 48.0 Å². The maximum Gasteiger partial charge on any atom is 0.410 e. The van der Waals surface area contributed by atoms with E-state index in [9.17, 15) is 24.3 Å². The number of hydrogen-bond acceptors (Lipinski definition) is 11. The molecule has 2 atom stereocenters. The predicted molar refractivity (Wildman–Crippen MR) is 251 cm³/mol. The summed E-state index contributed by atoms with van der Waals surface area (Å²) < 4.78 is 32.2. The number of nitrogens with zero attached hydrogens (tertiary/aromatic N) is 4. The van der Waals surface area contributed by atoms with Crippen LogP contribution in [0, 0.1) is 23.2 Å². The SMILES string of the molecule is Cc1c(-c2ccc(N3CCc4c(OCC(=O)OC(C)(C)C)ccc(C(=O)O)c4C3)nc2C(=O)OC(C)(C)C)ccn1CC12CC3(C)CC(C)(C1)CC(OCCN(C)C(=O)OC(C)(C)C)(C3)C2. The van der Waals surface area contributed by atoms with Crippen LogP contribution < -0.4 is 9.64 Å². The molecule has 0 radical (unpaired) electrons. The minimum Gasteiger partial charge on any atom is -0.482 e. The normalized spacial score (nSPS) is 24.7. The molecule has 4 saturated carbocycles. The summed E-state index contributed by atoms with van der Waals surface area (Å²) in [6.45, 7) is 25.5. The average Bonchev–Trinajstić information content (AvgIpc) is 3.50. The fraction of sp³-hybridized carbons (Fsp3) is 0.635. The second-order valence-electron chi connectivity index (χ2n) is 23.5. The number of aromatic carboxylic acids is 1. The third-order valence-corrected chi connectivity index (χ3v) is 13.4. The lowest BCUT2D eigenvalue weighted by Gasteiger charge is -2.69. The Morgan fingerprint density at radius 2 is 1.44 bits per heavy atom. The van der Waals surface area contributed by atoms with Crippen molar-refractivity contribution in [1.29, 1.82) is 0 Å². The van der Waals surface area contributed by atoms with Gasteiger partial charge in [0.25, 0.3) is 0 Å². The number of amides is 1. The van der Waals surface area contributed by atoms with Gasteiger partial charge in [-0.1, -0.05) is 13.8 Å². The fourth-order valence-corrected chi connectivity index (χ4v) is 12.4. The molecule has 1 aromatic carbocycles. The lowest BCUT2D eigenvalue weighted by molar-refractivity contribution is -0.248. The summed E-state index contributed by atoms with van der Waals surface area (Å²) in [5, 5.41) is 10.2. The van der Waals surface area contributed by atoms with Gasteiger partial charge >= 0.3 is 24.0 Å². The number of likely N-dealkylation sites (N-methyl/N-ethyl adjacent to an activating group) is 1. The van der Waals surface area contributed by atoms with E-state index in [1.54, 1.807) is 38.8 Å². The lowest BCUT2D eigenvalue weighted by atomic mass is 9.39. The highest BCUT2D eigenvalue weighted by Crippen LogP contribution is 2.72. The zero-order valence-electron chi connectivity index (χ0n) is 41.6. The first-order valence-corrected chi connectivity index (χ1v) is 23.4. The van der Waals surface area contributed by atoms with E-state index in [1.165, 1.54) is 12.5 Å². The van der Waals surface area contributed by atoms with Crippen LogP contribution in [0.5, 0.6) is 5.75 Å². The quantitative estimate of drug-likeness (QED) is 0.128. The van der Waals surface area contributed by atoms with Crippen molar-refractivity contribution in [3.63, 3.8) is 0 Å². The molecule has 360 valence electrons. The number of ether oxygens (including phenoxy) is 5. The molecule has 0 spiro atoms. The number of carboxylic acids is 1. The molecular weight excluding hydrogens is 841 g/mol. The number of pyridine rings is 1. The van der Waals surface area contributed by atoms with Crippen molar-refractivity contribution in [3.8, 4) is 16.9 Å². The summed E-state index contributed by atoms with van der Waals surface area (Å²) in [7, 11) is 1.76. The highest BCUT2D eigenvalue weighted by molar-refractivity contribution is 5.96. The van der Waals surface area contributed by atoms with Gasteiger partial charge in [0.2, 0.25) is 0 Å². The molecule has 3 aromatic rings. The van der Waals surface area contributed by atoms with Crippen molar-refractivity contribution in [3.05, 3.63) is 64.6 Å². The Bertz CT molecular complexity index is 2360. The van der Waals surface area contributed by atoms with Crippen LogP contribution in [-0.4, -0.2) is 99.3 Å². The van der Waals surface area contributed by atoms with Gasteiger partial charge in [-0.05, 0) is 166 Å². The molecule has 3 heterocycles. The largest absolute Gasteiger partial charge is 0.482 e. The van der Waals surface area contributed by atoms with Gasteiger partial charge in [-0.3, -0.25) is 0 Å². The predicted octanol–water partition coefficient (Wildman–Crippen LogP) is 9.80. The summed E-state index contributed by atoms with van der Waals surface area (Å²) in [5.41, 5.74) is 2.08. The van der Waals surface area contributed by atoms with E-state index in [1.807, 2.05) is 58.6 Å². The summed E-state index contributed by atoms with van der Waals surface area (Å²) in [5.74, 6) is -1.20. The summed E-state index contributed by atoms with van der Waals surface area (Å²) in [6, 6.07) is 8.96. The Labute approximate surface area is 390 Å². The third kappa shape index (κ3) is 10.8. The van der Waals surface area contributed by atoms with Crippen molar-refractivity contribution in [1.82, 2.24) is 14.5 Å². The standard InChI is InChI=1S/C52H72N4O10/c1-33-34(18-21-56(33)32-51-27-49(11)26-50(12,28-51)30-52(29-49,31-51)63-23-22-54(13)45(61)66-48(8,9)10)36-15-17-40(53-42(36)44(60)65-47(5,6)7)55-20-19-35-38(24-55)37(43(58)59)14-16-39(35)62-25-41(57)64-46(2,3)4/h14-18,21H,19-20,22-32H2,1-13H3,(H,58,59). The number of benzene rings is 1. The monoisotopic (exact) mass is 913 g/mol. The lowest BCUT2D eigenvalue weighted by Crippen LogP contribution is -2.64. The van der Waals surface area contributed by atoms with Crippen LogP contribution in [0.3, 0.4) is 0 Å². The number of aromatic nitrogens is 2. The van der Waals surface area contributed by atoms with Crippen LogP contribution in [0.15, 0.2) is 36.5 Å². The molecule has 2 aromatic heterocycles. The Morgan fingerprint density at radius 1 is 0.788 bits per heavy atom. The molecular formula is C52H72N4O10. The van der Waals surface area contributed by atoms with Crippen LogP contribution in [-0.2, 0) is 43.3 Å². The van der Waals surface area contributed by atoms with Crippen LogP contribution in [0.25, 0.3) is 11.1 Å². The van der Waals surface area contributed by atoms with Gasteiger partial charge in [0, 0.05) is 61.8 Å². The molecule has 2 unspecified atom stereocenters. The number of anilines is 1. The molecule has 4 aliphatic carbocycles. The van der Waals surface area contributed by atoms with E-state index in [0.29, 0.717) is 54.4 Å². The molecule has 4 fully saturated rings. The summed E-state index contributed by atoms with van der Waals surface area (Å²) in [6.07, 6.45) is 8.51. The number of fused-ring (bicyclic) bond motifs is 1. The Kier molecular flexibility index (Phi) is 12.7. The number of carboxylic acid groups (broad SMARTS) is 1. The molecule has 8 rings (SSSR count). The average molecular weight is 913 g/mol. The molecule has 1 N–H and O–H groups in total. The molecule has 14 nitrogen and oxygen atoms in total. The Hall–Kier alpha value is -5.11. The highest BCUT2D eigenvalue weighted by atomic mass is 16.6. The molecule has 14 heteroatoms. The molecule has 1 amide bonds. The third-order valence-electron chi connectivity index (χ3n) is 13.4. The van der Waals surface area contributed by atoms with Crippen LogP contribution in [0.4, 0.5) is 10.6 Å². The van der Waals surface area contributed by atoms with E-state index in [2.05, 4.69) is 37.6 Å². The van der Waals surface area contributed by atoms with Gasteiger partial charge < -0.3 is 43.2 Å². The second kappa shape index (κ2) is 17.2. The first-order chi connectivity index (χ1) is 30.5. The zero-order valence-corrected chi connectivity index (χ0v) is 41.6. The molecule has 0 saturated heterocycles. The van der Waals surface area contributed by atoms with Crippen molar-refractivity contribution in [2.24, 2.45) is 16.2 Å². The Balaban J connectivity index is 1.14. The second-order valence-corrected chi connectivity index (χ2v) is 23.5. The van der Waals surface area contributed by atoms with E-state index in [4.69, 9.17) is 28.7 Å². The van der Waals surface area contributed by atoms with Crippen molar-refractivity contribution in [2.75, 3.05) is 38.3 Å². The van der Waals surface area contributed by atoms with Crippen LogP contribution >= 0.6 is 0 Å². The highest BCUT2D eigenvalue weighted by Gasteiger charge is 2.66. The smallest absolute Gasteiger partial charge is 0.410 e. The Morgan fingerprint density at radius 3 is 2.06 bits per heavy atom. The maximum absolute atomic E-state index is 14.2. The molecule has 4 bridgehead atoms. The van der Waals surface area contributed by atoms with E-state index in [-0.39, 0.29) is 52.3 Å². The van der Waals surface area contributed by atoms with Crippen molar-refractivity contribution >= 4 is 29.8 Å². The first kappa shape index (κ1) is 48.8.